The highest BCUT2D eigenvalue weighted by Gasteiger charge is 2.30. The van der Waals surface area contributed by atoms with Crippen LogP contribution >= 0.6 is 0 Å². The lowest BCUT2D eigenvalue weighted by atomic mass is 9.96. The Bertz CT molecular complexity index is 968. The van der Waals surface area contributed by atoms with Crippen LogP contribution in [0.1, 0.15) is 59.5 Å². The van der Waals surface area contributed by atoms with Crippen molar-refractivity contribution in [2.45, 2.75) is 45.6 Å². The largest absolute Gasteiger partial charge is 0.330 e. The fourth-order valence-electron chi connectivity index (χ4n) is 4.01. The Kier molecular flexibility index (Phi) is 4.88. The van der Waals surface area contributed by atoms with Crippen molar-refractivity contribution in [3.05, 3.63) is 71.2 Å². The highest BCUT2D eigenvalue weighted by molar-refractivity contribution is 6.06. The van der Waals surface area contributed by atoms with Gasteiger partial charge in [0, 0.05) is 23.8 Å². The first-order valence-electron chi connectivity index (χ1n) is 9.79. The second-order valence-corrected chi connectivity index (χ2v) is 7.28. The van der Waals surface area contributed by atoms with Gasteiger partial charge < -0.3 is 4.90 Å². The molecule has 1 aliphatic heterocycles. The topological polar surface area (TPSA) is 46.1 Å². The number of likely N-dealkylation sites (tertiary alicyclic amines) is 1. The number of pyridine rings is 2. The van der Waals surface area contributed by atoms with E-state index in [1.54, 1.807) is 0 Å². The fraction of sp³-hybridized carbons (Fsp3) is 0.348. The molecule has 2 aromatic heterocycles. The van der Waals surface area contributed by atoms with Crippen molar-refractivity contribution in [2.24, 2.45) is 0 Å². The second-order valence-electron chi connectivity index (χ2n) is 7.28. The van der Waals surface area contributed by atoms with Gasteiger partial charge in [0.15, 0.2) is 0 Å². The summed E-state index contributed by atoms with van der Waals surface area (Å²) in [6.45, 7) is 4.86. The monoisotopic (exact) mass is 359 g/mol. The Morgan fingerprint density at radius 3 is 2.85 bits per heavy atom. The van der Waals surface area contributed by atoms with Crippen molar-refractivity contribution in [3.8, 4) is 0 Å². The predicted octanol–water partition coefficient (Wildman–Crippen LogP) is 4.87. The van der Waals surface area contributed by atoms with Crippen molar-refractivity contribution in [3.63, 3.8) is 0 Å². The number of aromatic nitrogens is 2. The standard InChI is InChI=1S/C23H25N3O/c1-3-17-10-11-20-18(15-17)19(14-16(2)25-20)23(27)26-13-7-5-9-22(26)21-8-4-6-12-24-21/h4,6,8,10-12,14-15,22H,3,5,7,9,13H2,1-2H3. The van der Waals surface area contributed by atoms with Crippen LogP contribution in [-0.4, -0.2) is 27.3 Å². The number of carbonyl (C=O) groups excluding carboxylic acids is 1. The van der Waals surface area contributed by atoms with E-state index in [9.17, 15) is 4.79 Å². The van der Waals surface area contributed by atoms with Crippen molar-refractivity contribution < 1.29 is 4.79 Å². The number of benzene rings is 1. The number of fused-ring (bicyclic) bond motifs is 1. The van der Waals surface area contributed by atoms with Crippen LogP contribution in [0.15, 0.2) is 48.7 Å². The van der Waals surface area contributed by atoms with E-state index in [2.05, 4.69) is 29.0 Å². The number of rotatable bonds is 3. The molecule has 4 rings (SSSR count). The zero-order chi connectivity index (χ0) is 18.8. The summed E-state index contributed by atoms with van der Waals surface area (Å²) in [5, 5.41) is 0.954. The summed E-state index contributed by atoms with van der Waals surface area (Å²) in [5.41, 5.74) is 4.73. The molecule has 0 N–H and O–H groups in total. The molecule has 138 valence electrons. The molecule has 1 amide bonds. The molecular formula is C23H25N3O. The molecule has 1 fully saturated rings. The Hall–Kier alpha value is -2.75. The fourth-order valence-corrected chi connectivity index (χ4v) is 4.01. The van der Waals surface area contributed by atoms with Crippen LogP contribution in [0.2, 0.25) is 0 Å². The van der Waals surface area contributed by atoms with Crippen LogP contribution in [0.4, 0.5) is 0 Å². The summed E-state index contributed by atoms with van der Waals surface area (Å²) < 4.78 is 0. The molecule has 4 heteroatoms. The third-order valence-corrected chi connectivity index (χ3v) is 5.43. The highest BCUT2D eigenvalue weighted by Crippen LogP contribution is 2.32. The molecule has 4 nitrogen and oxygen atoms in total. The Morgan fingerprint density at radius 2 is 2.07 bits per heavy atom. The first-order chi connectivity index (χ1) is 13.2. The number of piperidine rings is 1. The van der Waals surface area contributed by atoms with Crippen molar-refractivity contribution in [1.29, 1.82) is 0 Å². The first-order valence-corrected chi connectivity index (χ1v) is 9.79. The number of hydrogen-bond donors (Lipinski definition) is 0. The molecule has 27 heavy (non-hydrogen) atoms. The van der Waals surface area contributed by atoms with Crippen LogP contribution in [0.5, 0.6) is 0 Å². The molecule has 1 saturated heterocycles. The summed E-state index contributed by atoms with van der Waals surface area (Å²) >= 11 is 0. The van der Waals surface area contributed by atoms with E-state index in [0.29, 0.717) is 0 Å². The first kappa shape index (κ1) is 17.7. The van der Waals surface area contributed by atoms with E-state index in [1.165, 1.54) is 5.56 Å². The van der Waals surface area contributed by atoms with Gasteiger partial charge in [-0.15, -0.1) is 0 Å². The summed E-state index contributed by atoms with van der Waals surface area (Å²) in [6.07, 6.45) is 5.88. The average Bonchev–Trinajstić information content (AvgIpc) is 2.73. The summed E-state index contributed by atoms with van der Waals surface area (Å²) in [6, 6.07) is 14.2. The Balaban J connectivity index is 1.79. The molecule has 0 spiro atoms. The summed E-state index contributed by atoms with van der Waals surface area (Å²) in [5.74, 6) is 0.0918. The van der Waals surface area contributed by atoms with E-state index in [-0.39, 0.29) is 11.9 Å². The van der Waals surface area contributed by atoms with Gasteiger partial charge in [-0.1, -0.05) is 19.1 Å². The van der Waals surface area contributed by atoms with E-state index in [4.69, 9.17) is 0 Å². The summed E-state index contributed by atoms with van der Waals surface area (Å²) in [4.78, 5) is 24.8. The summed E-state index contributed by atoms with van der Waals surface area (Å²) in [7, 11) is 0. The quantitative estimate of drug-likeness (QED) is 0.670. The molecule has 1 unspecified atom stereocenters. The van der Waals surface area contributed by atoms with Crippen LogP contribution in [0, 0.1) is 6.92 Å². The number of hydrogen-bond acceptors (Lipinski definition) is 3. The lowest BCUT2D eigenvalue weighted by Crippen LogP contribution is -2.39. The predicted molar refractivity (Wildman–Crippen MR) is 108 cm³/mol. The van der Waals surface area contributed by atoms with Gasteiger partial charge in [0.05, 0.1) is 22.8 Å². The Morgan fingerprint density at radius 1 is 1.19 bits per heavy atom. The maximum atomic E-state index is 13.6. The minimum atomic E-state index is 0.0466. The van der Waals surface area contributed by atoms with Crippen molar-refractivity contribution in [1.82, 2.24) is 14.9 Å². The third kappa shape index (κ3) is 3.44. The Labute approximate surface area is 160 Å². The lowest BCUT2D eigenvalue weighted by molar-refractivity contribution is 0.0608. The van der Waals surface area contributed by atoms with Gasteiger partial charge in [-0.3, -0.25) is 14.8 Å². The molecule has 0 bridgehead atoms. The number of aryl methyl sites for hydroxylation is 2. The molecule has 0 radical (unpaired) electrons. The van der Waals surface area contributed by atoms with Crippen LogP contribution < -0.4 is 0 Å². The normalized spacial score (nSPS) is 17.3. The van der Waals surface area contributed by atoms with Gasteiger partial charge in [0.25, 0.3) is 5.91 Å². The number of carbonyl (C=O) groups is 1. The third-order valence-electron chi connectivity index (χ3n) is 5.43. The van der Waals surface area contributed by atoms with Gasteiger partial charge in [-0.2, -0.15) is 0 Å². The molecule has 1 aromatic carbocycles. The minimum absolute atomic E-state index is 0.0466. The minimum Gasteiger partial charge on any atom is -0.330 e. The zero-order valence-corrected chi connectivity index (χ0v) is 16.0. The molecule has 3 aromatic rings. The van der Waals surface area contributed by atoms with E-state index >= 15 is 0 Å². The lowest BCUT2D eigenvalue weighted by Gasteiger charge is -2.35. The van der Waals surface area contributed by atoms with Gasteiger partial charge in [-0.05, 0) is 68.5 Å². The van der Waals surface area contributed by atoms with E-state index < -0.39 is 0 Å². The zero-order valence-electron chi connectivity index (χ0n) is 16.0. The van der Waals surface area contributed by atoms with Crippen LogP contribution in [-0.2, 0) is 6.42 Å². The molecule has 1 atom stereocenters. The van der Waals surface area contributed by atoms with Gasteiger partial charge in [-0.25, -0.2) is 0 Å². The number of amides is 1. The second kappa shape index (κ2) is 7.47. The molecule has 0 aliphatic carbocycles. The van der Waals surface area contributed by atoms with Gasteiger partial charge >= 0.3 is 0 Å². The van der Waals surface area contributed by atoms with Gasteiger partial charge in [0.1, 0.15) is 0 Å². The maximum absolute atomic E-state index is 13.6. The molecule has 3 heterocycles. The van der Waals surface area contributed by atoms with E-state index in [0.717, 1.165) is 60.1 Å². The molecule has 0 saturated carbocycles. The highest BCUT2D eigenvalue weighted by atomic mass is 16.2. The SMILES string of the molecule is CCc1ccc2nc(C)cc(C(=O)N3CCCCC3c3ccccn3)c2c1. The molecule has 1 aliphatic rings. The molecular weight excluding hydrogens is 334 g/mol. The average molecular weight is 359 g/mol. The van der Waals surface area contributed by atoms with Gasteiger partial charge in [0.2, 0.25) is 0 Å². The van der Waals surface area contributed by atoms with Crippen LogP contribution in [0.25, 0.3) is 10.9 Å². The van der Waals surface area contributed by atoms with E-state index in [1.807, 2.05) is 48.4 Å². The van der Waals surface area contributed by atoms with Crippen LogP contribution in [0.3, 0.4) is 0 Å². The maximum Gasteiger partial charge on any atom is 0.255 e. The smallest absolute Gasteiger partial charge is 0.255 e. The van der Waals surface area contributed by atoms with Crippen molar-refractivity contribution >= 4 is 16.8 Å². The number of nitrogens with zero attached hydrogens (tertiary/aromatic N) is 3. The van der Waals surface area contributed by atoms with Crippen molar-refractivity contribution in [2.75, 3.05) is 6.54 Å².